The average Bonchev–Trinajstić information content (AvgIpc) is 3.31. The fourth-order valence-electron chi connectivity index (χ4n) is 3.73. The fourth-order valence-corrected chi connectivity index (χ4v) is 4.47. The Balaban J connectivity index is 1.80. The number of nitrogens with zero attached hydrogens (tertiary/aromatic N) is 3. The molecule has 1 atom stereocenters. The average molecular weight is 481 g/mol. The second kappa shape index (κ2) is 9.68. The number of aromatic hydroxyl groups is 1. The highest BCUT2D eigenvalue weighted by molar-refractivity contribution is 7.98. The van der Waals surface area contributed by atoms with Gasteiger partial charge in [-0.1, -0.05) is 17.3 Å². The van der Waals surface area contributed by atoms with Gasteiger partial charge in [-0.25, -0.2) is 0 Å². The predicted molar refractivity (Wildman–Crippen MR) is 134 cm³/mol. The molecule has 2 N–H and O–H groups in total. The lowest BCUT2D eigenvalue weighted by atomic mass is 9.94. The van der Waals surface area contributed by atoms with Crippen LogP contribution >= 0.6 is 24.0 Å². The first-order chi connectivity index (χ1) is 16.0. The molecule has 170 valence electrons. The summed E-state index contributed by atoms with van der Waals surface area (Å²) in [5.74, 6) is 1.30. The van der Waals surface area contributed by atoms with Gasteiger partial charge in [0.2, 0.25) is 5.82 Å². The quantitative estimate of drug-likeness (QED) is 0.275. The summed E-state index contributed by atoms with van der Waals surface area (Å²) in [4.78, 5) is 7.78. The molecule has 0 saturated carbocycles. The molecule has 9 heteroatoms. The van der Waals surface area contributed by atoms with Crippen molar-refractivity contribution in [2.75, 3.05) is 19.9 Å². The first kappa shape index (κ1) is 22.9. The third-order valence-corrected chi connectivity index (χ3v) is 6.53. The van der Waals surface area contributed by atoms with Crippen LogP contribution in [-0.2, 0) is 0 Å². The zero-order valence-corrected chi connectivity index (χ0v) is 20.2. The third kappa shape index (κ3) is 4.46. The number of ether oxygens (including phenoxy) is 1. The van der Waals surface area contributed by atoms with Crippen LogP contribution in [0.5, 0.6) is 11.5 Å². The highest BCUT2D eigenvalue weighted by Crippen LogP contribution is 2.39. The van der Waals surface area contributed by atoms with E-state index in [0.29, 0.717) is 29.1 Å². The molecule has 0 spiro atoms. The van der Waals surface area contributed by atoms with Crippen molar-refractivity contribution in [1.29, 1.82) is 0 Å². The molecular formula is C24H24N4O3S2. The lowest BCUT2D eigenvalue weighted by Gasteiger charge is -2.36. The maximum absolute atomic E-state index is 10.4. The lowest BCUT2D eigenvalue weighted by molar-refractivity contribution is 0.372. The Morgan fingerprint density at radius 3 is 2.70 bits per heavy atom. The molecule has 0 radical (unpaired) electrons. The molecule has 2 aromatic carbocycles. The van der Waals surface area contributed by atoms with Gasteiger partial charge in [0, 0.05) is 22.7 Å². The maximum Gasteiger partial charge on any atom is 0.258 e. The summed E-state index contributed by atoms with van der Waals surface area (Å²) in [6, 6.07) is 12.8. The SMILES string of the molecule is C=CCN1C(=S)NC(c2ccc(OC)c(O)c2)C(c2nc(-c3ccc(SC)cc3)no2)=C1C. The van der Waals surface area contributed by atoms with Crippen LogP contribution in [0.4, 0.5) is 0 Å². The number of hydrogen-bond donors (Lipinski definition) is 2. The molecule has 0 saturated heterocycles. The zero-order chi connectivity index (χ0) is 23.5. The second-order valence-corrected chi connectivity index (χ2v) is 8.63. The number of phenols is 1. The summed E-state index contributed by atoms with van der Waals surface area (Å²) >= 11 is 7.29. The molecule has 0 amide bonds. The number of nitrogens with one attached hydrogen (secondary N) is 1. The Bertz CT molecular complexity index is 1220. The minimum absolute atomic E-state index is 0.0355. The van der Waals surface area contributed by atoms with Crippen molar-refractivity contribution < 1.29 is 14.4 Å². The molecule has 0 aliphatic carbocycles. The van der Waals surface area contributed by atoms with Gasteiger partial charge in [0.25, 0.3) is 5.89 Å². The second-order valence-electron chi connectivity index (χ2n) is 7.36. The number of benzene rings is 2. The van der Waals surface area contributed by atoms with E-state index in [1.54, 1.807) is 30.0 Å². The van der Waals surface area contributed by atoms with Crippen LogP contribution in [0.25, 0.3) is 17.0 Å². The van der Waals surface area contributed by atoms with E-state index in [9.17, 15) is 5.11 Å². The molecule has 4 rings (SSSR count). The van der Waals surface area contributed by atoms with Gasteiger partial charge in [0.05, 0.1) is 18.7 Å². The van der Waals surface area contributed by atoms with E-state index in [0.717, 1.165) is 27.3 Å². The lowest BCUT2D eigenvalue weighted by Crippen LogP contribution is -2.45. The van der Waals surface area contributed by atoms with Crippen molar-refractivity contribution in [3.8, 4) is 22.9 Å². The van der Waals surface area contributed by atoms with E-state index in [1.807, 2.05) is 48.4 Å². The third-order valence-electron chi connectivity index (χ3n) is 5.45. The summed E-state index contributed by atoms with van der Waals surface area (Å²) in [7, 11) is 1.51. The van der Waals surface area contributed by atoms with Crippen LogP contribution in [0.15, 0.2) is 70.2 Å². The molecule has 2 heterocycles. The van der Waals surface area contributed by atoms with E-state index in [-0.39, 0.29) is 5.75 Å². The van der Waals surface area contributed by atoms with Gasteiger partial charge < -0.3 is 24.6 Å². The van der Waals surface area contributed by atoms with Crippen molar-refractivity contribution in [3.05, 3.63) is 72.3 Å². The molecule has 7 nitrogen and oxygen atoms in total. The number of aromatic nitrogens is 2. The summed E-state index contributed by atoms with van der Waals surface area (Å²) in [6.07, 6.45) is 3.81. The number of thioether (sulfide) groups is 1. The van der Waals surface area contributed by atoms with Gasteiger partial charge in [-0.05, 0) is 67.4 Å². The van der Waals surface area contributed by atoms with Crippen molar-refractivity contribution in [2.24, 2.45) is 0 Å². The summed E-state index contributed by atoms with van der Waals surface area (Å²) < 4.78 is 10.9. The monoisotopic (exact) mass is 480 g/mol. The van der Waals surface area contributed by atoms with Crippen LogP contribution in [0.1, 0.15) is 24.4 Å². The highest BCUT2D eigenvalue weighted by Gasteiger charge is 2.34. The molecule has 0 bridgehead atoms. The van der Waals surface area contributed by atoms with Crippen LogP contribution in [0.3, 0.4) is 0 Å². The first-order valence-electron chi connectivity index (χ1n) is 10.2. The summed E-state index contributed by atoms with van der Waals surface area (Å²) in [5, 5.41) is 18.5. The van der Waals surface area contributed by atoms with Crippen molar-refractivity contribution >= 4 is 34.7 Å². The molecule has 1 aromatic heterocycles. The molecule has 33 heavy (non-hydrogen) atoms. The van der Waals surface area contributed by atoms with Crippen LogP contribution < -0.4 is 10.1 Å². The minimum atomic E-state index is -0.400. The number of phenolic OH excluding ortho intramolecular Hbond substituents is 1. The topological polar surface area (TPSA) is 83.7 Å². The van der Waals surface area contributed by atoms with Gasteiger partial charge in [0.1, 0.15) is 0 Å². The molecule has 1 aliphatic heterocycles. The van der Waals surface area contributed by atoms with E-state index < -0.39 is 6.04 Å². The van der Waals surface area contributed by atoms with Gasteiger partial charge in [0.15, 0.2) is 16.6 Å². The van der Waals surface area contributed by atoms with Crippen molar-refractivity contribution in [3.63, 3.8) is 0 Å². The summed E-state index contributed by atoms with van der Waals surface area (Å²) in [6.45, 7) is 6.32. The molecule has 0 fully saturated rings. The number of rotatable bonds is 7. The Hall–Kier alpha value is -3.30. The van der Waals surface area contributed by atoms with E-state index in [1.165, 1.54) is 7.11 Å². The maximum atomic E-state index is 10.4. The van der Waals surface area contributed by atoms with Gasteiger partial charge >= 0.3 is 0 Å². The Morgan fingerprint density at radius 1 is 1.30 bits per heavy atom. The first-order valence-corrected chi connectivity index (χ1v) is 11.8. The van der Waals surface area contributed by atoms with Crippen LogP contribution in [0, 0.1) is 0 Å². The van der Waals surface area contributed by atoms with Gasteiger partial charge in [-0.2, -0.15) is 4.98 Å². The minimum Gasteiger partial charge on any atom is -0.504 e. The fraction of sp³-hybridized carbons (Fsp3) is 0.208. The van der Waals surface area contributed by atoms with Gasteiger partial charge in [-0.15, -0.1) is 18.3 Å². The van der Waals surface area contributed by atoms with E-state index in [4.69, 9.17) is 26.5 Å². The number of thiocarbonyl (C=S) groups is 1. The molecule has 1 aliphatic rings. The molecule has 3 aromatic rings. The number of hydrogen-bond acceptors (Lipinski definition) is 7. The smallest absolute Gasteiger partial charge is 0.258 e. The van der Waals surface area contributed by atoms with Gasteiger partial charge in [-0.3, -0.25) is 0 Å². The van der Waals surface area contributed by atoms with E-state index in [2.05, 4.69) is 17.1 Å². The molecule has 1 unspecified atom stereocenters. The Morgan fingerprint density at radius 2 is 2.06 bits per heavy atom. The van der Waals surface area contributed by atoms with Crippen molar-refractivity contribution in [2.45, 2.75) is 17.9 Å². The summed E-state index contributed by atoms with van der Waals surface area (Å²) in [5.41, 5.74) is 3.29. The number of allylic oxidation sites excluding steroid dienone is 1. The largest absolute Gasteiger partial charge is 0.504 e. The Kier molecular flexibility index (Phi) is 6.71. The predicted octanol–water partition coefficient (Wildman–Crippen LogP) is 5.02. The molecular weight excluding hydrogens is 456 g/mol. The van der Waals surface area contributed by atoms with Crippen molar-refractivity contribution in [1.82, 2.24) is 20.4 Å². The van der Waals surface area contributed by atoms with Crippen LogP contribution in [-0.4, -0.2) is 45.2 Å². The van der Waals surface area contributed by atoms with Crippen LogP contribution in [0.2, 0.25) is 0 Å². The normalized spacial score (nSPS) is 16.0. The zero-order valence-electron chi connectivity index (χ0n) is 18.5. The highest BCUT2D eigenvalue weighted by atomic mass is 32.2. The van der Waals surface area contributed by atoms with E-state index >= 15 is 0 Å². The number of methoxy groups -OCH3 is 1. The Labute approximate surface area is 202 Å². The standard InChI is InChI=1S/C24H24N4O3S2/c1-5-12-28-14(2)20(21(25-24(28)32)16-8-11-19(30-3)18(29)13-16)23-26-22(27-31-23)15-6-9-17(33-4)10-7-15/h5-11,13,21,29H,1,12H2,2-4H3,(H,25,32).